The Labute approximate surface area is 224 Å². The van der Waals surface area contributed by atoms with Gasteiger partial charge in [-0.1, -0.05) is 23.7 Å². The first-order chi connectivity index (χ1) is 18.1. The summed E-state index contributed by atoms with van der Waals surface area (Å²) in [6.45, 7) is 5.43. The largest absolute Gasteiger partial charge is 0.618 e. The standard InChI is InChI=1S/C28H26ClN5O4/c1-28(2,3)38-27(36)18-6-4-17(5-7-18)12-25(35)22-10-8-19-13-20(15-34(37)26(19)22)23-14-21(29)9-11-24(23)33-16-30-31-32-33/h4-7,9,11,13-16,22H,8,10,12H2,1-3H3. The van der Waals surface area contributed by atoms with Crippen LogP contribution in [-0.4, -0.2) is 37.6 Å². The number of ketones is 1. The lowest BCUT2D eigenvalue weighted by atomic mass is 9.94. The van der Waals surface area contributed by atoms with E-state index in [1.54, 1.807) is 42.5 Å². The first-order valence-corrected chi connectivity index (χ1v) is 12.6. The maximum absolute atomic E-state index is 13.3. The summed E-state index contributed by atoms with van der Waals surface area (Å²) in [6.07, 6.45) is 4.28. The highest BCUT2D eigenvalue weighted by Gasteiger charge is 2.36. The van der Waals surface area contributed by atoms with Crippen molar-refractivity contribution in [3.05, 3.63) is 93.7 Å². The number of halogens is 1. The number of aryl methyl sites for hydroxylation is 1. The van der Waals surface area contributed by atoms with Gasteiger partial charge in [-0.25, -0.2) is 4.79 Å². The van der Waals surface area contributed by atoms with Crippen molar-refractivity contribution in [2.75, 3.05) is 0 Å². The second-order valence-electron chi connectivity index (χ2n) is 10.3. The summed E-state index contributed by atoms with van der Waals surface area (Å²) in [5, 5.41) is 25.1. The van der Waals surface area contributed by atoms with E-state index in [2.05, 4.69) is 15.5 Å². The van der Waals surface area contributed by atoms with Crippen molar-refractivity contribution in [2.45, 2.75) is 51.6 Å². The number of pyridine rings is 1. The number of tetrazole rings is 1. The lowest BCUT2D eigenvalue weighted by Gasteiger charge is -2.19. The van der Waals surface area contributed by atoms with Crippen molar-refractivity contribution in [2.24, 2.45) is 0 Å². The monoisotopic (exact) mass is 531 g/mol. The van der Waals surface area contributed by atoms with Crippen LogP contribution in [0.4, 0.5) is 0 Å². The molecule has 2 aromatic carbocycles. The SMILES string of the molecule is CC(C)(C)OC(=O)c1ccc(CC(=O)C2CCc3cc(-c4cc(Cl)ccc4-n4cnnn4)c[n+]([O-])c32)cc1. The number of aromatic nitrogens is 5. The molecule has 0 saturated heterocycles. The summed E-state index contributed by atoms with van der Waals surface area (Å²) in [4.78, 5) is 25.5. The van der Waals surface area contributed by atoms with Gasteiger partial charge in [0, 0.05) is 28.1 Å². The third-order valence-electron chi connectivity index (χ3n) is 6.41. The van der Waals surface area contributed by atoms with Gasteiger partial charge in [0.05, 0.1) is 11.3 Å². The highest BCUT2D eigenvalue weighted by molar-refractivity contribution is 6.31. The molecule has 1 aliphatic carbocycles. The molecule has 0 fully saturated rings. The number of carbonyl (C=O) groups is 2. The fourth-order valence-corrected chi connectivity index (χ4v) is 4.91. The van der Waals surface area contributed by atoms with Gasteiger partial charge in [-0.05, 0) is 86.0 Å². The molecule has 0 N–H and O–H groups in total. The van der Waals surface area contributed by atoms with Crippen LogP contribution in [0.15, 0.2) is 61.1 Å². The molecule has 2 heterocycles. The quantitative estimate of drug-likeness (QED) is 0.205. The number of hydrogen-bond acceptors (Lipinski definition) is 7. The van der Waals surface area contributed by atoms with E-state index in [0.717, 1.165) is 15.9 Å². The van der Waals surface area contributed by atoms with Gasteiger partial charge in [-0.3, -0.25) is 4.79 Å². The smallest absolute Gasteiger partial charge is 0.338 e. The van der Waals surface area contributed by atoms with Crippen molar-refractivity contribution in [3.63, 3.8) is 0 Å². The molecule has 2 aromatic heterocycles. The minimum Gasteiger partial charge on any atom is -0.618 e. The lowest BCUT2D eigenvalue weighted by Crippen LogP contribution is -2.35. The zero-order chi connectivity index (χ0) is 27.0. The van der Waals surface area contributed by atoms with Crippen LogP contribution < -0.4 is 4.73 Å². The molecular weight excluding hydrogens is 506 g/mol. The van der Waals surface area contributed by atoms with Crippen LogP contribution in [0.1, 0.15) is 60.3 Å². The Morgan fingerprint density at radius 2 is 1.92 bits per heavy atom. The molecular formula is C28H26ClN5O4. The summed E-state index contributed by atoms with van der Waals surface area (Å²) in [6, 6.07) is 14.0. The van der Waals surface area contributed by atoms with Crippen molar-refractivity contribution < 1.29 is 19.1 Å². The Kier molecular flexibility index (Phi) is 6.71. The Balaban J connectivity index is 1.37. The minimum atomic E-state index is -0.586. The van der Waals surface area contributed by atoms with Crippen molar-refractivity contribution >= 4 is 23.4 Å². The second-order valence-corrected chi connectivity index (χ2v) is 10.8. The topological polar surface area (TPSA) is 114 Å². The molecule has 0 bridgehead atoms. The summed E-state index contributed by atoms with van der Waals surface area (Å²) in [5.41, 5.74) is 3.98. The maximum Gasteiger partial charge on any atom is 0.338 e. The third kappa shape index (κ3) is 5.28. The number of carbonyl (C=O) groups excluding carboxylic acids is 2. The normalized spacial score (nSPS) is 14.8. The van der Waals surface area contributed by atoms with Gasteiger partial charge in [0.1, 0.15) is 17.8 Å². The van der Waals surface area contributed by atoms with Crippen LogP contribution in [0.5, 0.6) is 0 Å². The van der Waals surface area contributed by atoms with Gasteiger partial charge in [0.15, 0.2) is 12.0 Å². The molecule has 1 unspecified atom stereocenters. The average Bonchev–Trinajstić information content (AvgIpc) is 3.54. The van der Waals surface area contributed by atoms with Crippen LogP contribution in [-0.2, 0) is 22.4 Å². The summed E-state index contributed by atoms with van der Waals surface area (Å²) in [5.74, 6) is -0.949. The molecule has 5 rings (SSSR count). The van der Waals surface area contributed by atoms with Gasteiger partial charge in [-0.2, -0.15) is 9.41 Å². The van der Waals surface area contributed by atoms with Crippen molar-refractivity contribution in [3.8, 4) is 16.8 Å². The molecule has 1 aliphatic rings. The molecule has 4 aromatic rings. The molecule has 1 atom stereocenters. The zero-order valence-corrected chi connectivity index (χ0v) is 22.0. The highest BCUT2D eigenvalue weighted by atomic mass is 35.5. The van der Waals surface area contributed by atoms with E-state index in [1.807, 2.05) is 26.8 Å². The van der Waals surface area contributed by atoms with Crippen LogP contribution in [0.3, 0.4) is 0 Å². The Morgan fingerprint density at radius 1 is 1.16 bits per heavy atom. The highest BCUT2D eigenvalue weighted by Crippen LogP contribution is 2.36. The molecule has 0 amide bonds. The van der Waals surface area contributed by atoms with E-state index < -0.39 is 17.5 Å². The molecule has 0 saturated carbocycles. The summed E-state index contributed by atoms with van der Waals surface area (Å²) in [7, 11) is 0. The number of rotatable bonds is 6. The Bertz CT molecular complexity index is 1510. The van der Waals surface area contributed by atoms with Crippen LogP contribution >= 0.6 is 11.6 Å². The van der Waals surface area contributed by atoms with E-state index in [1.165, 1.54) is 17.2 Å². The fourth-order valence-electron chi connectivity index (χ4n) is 4.74. The third-order valence-corrected chi connectivity index (χ3v) is 6.64. The van der Waals surface area contributed by atoms with Gasteiger partial charge in [0.25, 0.3) is 0 Å². The predicted molar refractivity (Wildman–Crippen MR) is 140 cm³/mol. The molecule has 9 nitrogen and oxygen atoms in total. The number of fused-ring (bicyclic) bond motifs is 1. The van der Waals surface area contributed by atoms with Gasteiger partial charge in [-0.15, -0.1) is 5.10 Å². The van der Waals surface area contributed by atoms with Gasteiger partial charge in [0.2, 0.25) is 5.69 Å². The van der Waals surface area contributed by atoms with Crippen LogP contribution in [0.2, 0.25) is 5.02 Å². The van der Waals surface area contributed by atoms with Crippen molar-refractivity contribution in [1.29, 1.82) is 0 Å². The van der Waals surface area contributed by atoms with E-state index in [-0.39, 0.29) is 12.2 Å². The molecule has 0 aliphatic heterocycles. The predicted octanol–water partition coefficient (Wildman–Crippen LogP) is 4.41. The summed E-state index contributed by atoms with van der Waals surface area (Å²) >= 11 is 6.27. The van der Waals surface area contributed by atoms with E-state index >= 15 is 0 Å². The molecule has 10 heteroatoms. The molecule has 0 radical (unpaired) electrons. The number of Topliss-reactive ketones (excluding diaryl/α,β-unsaturated/α-hetero) is 1. The molecule has 0 spiro atoms. The van der Waals surface area contributed by atoms with Crippen molar-refractivity contribution in [1.82, 2.24) is 20.2 Å². The fraction of sp³-hybridized carbons (Fsp3) is 0.286. The van der Waals surface area contributed by atoms with Crippen LogP contribution in [0.25, 0.3) is 16.8 Å². The Hall–Kier alpha value is -4.11. The average molecular weight is 532 g/mol. The van der Waals surface area contributed by atoms with Crippen LogP contribution in [0, 0.1) is 5.21 Å². The summed E-state index contributed by atoms with van der Waals surface area (Å²) < 4.78 is 7.70. The maximum atomic E-state index is 13.3. The lowest BCUT2D eigenvalue weighted by molar-refractivity contribution is -0.613. The number of esters is 1. The van der Waals surface area contributed by atoms with E-state index in [4.69, 9.17) is 16.3 Å². The van der Waals surface area contributed by atoms with Gasteiger partial charge < -0.3 is 9.94 Å². The Morgan fingerprint density at radius 3 is 2.61 bits per heavy atom. The second kappa shape index (κ2) is 9.98. The number of nitrogens with zero attached hydrogens (tertiary/aromatic N) is 5. The first kappa shape index (κ1) is 25.5. The molecule has 194 valence electrons. The number of hydrogen-bond donors (Lipinski definition) is 0. The van der Waals surface area contributed by atoms with E-state index in [9.17, 15) is 14.8 Å². The first-order valence-electron chi connectivity index (χ1n) is 12.2. The van der Waals surface area contributed by atoms with E-state index in [0.29, 0.717) is 45.9 Å². The number of ether oxygens (including phenoxy) is 1. The minimum absolute atomic E-state index is 0.0387. The van der Waals surface area contributed by atoms with Gasteiger partial charge >= 0.3 is 5.97 Å². The zero-order valence-electron chi connectivity index (χ0n) is 21.2. The molecule has 38 heavy (non-hydrogen) atoms. The number of benzene rings is 2.